The predicted octanol–water partition coefficient (Wildman–Crippen LogP) is 4.17. The van der Waals surface area contributed by atoms with E-state index in [1.165, 1.54) is 11.0 Å². The number of rotatable bonds is 10. The summed E-state index contributed by atoms with van der Waals surface area (Å²) in [5.41, 5.74) is 8.31. The maximum absolute atomic E-state index is 14.1. The molecule has 8 heteroatoms. The van der Waals surface area contributed by atoms with Crippen LogP contribution in [-0.2, 0) is 14.9 Å². The Bertz CT molecular complexity index is 1030. The van der Waals surface area contributed by atoms with E-state index in [-0.39, 0.29) is 11.8 Å². The summed E-state index contributed by atoms with van der Waals surface area (Å²) < 4.78 is 30.0. The van der Waals surface area contributed by atoms with Crippen LogP contribution in [0.25, 0.3) is 11.1 Å². The maximum Gasteiger partial charge on any atom is 0.234 e. The zero-order chi connectivity index (χ0) is 23.1. The van der Waals surface area contributed by atoms with Gasteiger partial charge in [-0.15, -0.1) is 0 Å². The van der Waals surface area contributed by atoms with Gasteiger partial charge in [-0.25, -0.2) is 4.39 Å². The fourth-order valence-electron chi connectivity index (χ4n) is 3.35. The summed E-state index contributed by atoms with van der Waals surface area (Å²) in [5.74, 6) is -0.0369. The number of nitrogens with zero attached hydrogens (tertiary/aromatic N) is 2. The lowest BCUT2D eigenvalue weighted by Crippen LogP contribution is -2.38. The van der Waals surface area contributed by atoms with Crippen LogP contribution >= 0.6 is 0 Å². The molecule has 1 heterocycles. The highest BCUT2D eigenvalue weighted by Gasteiger charge is 2.29. The average Bonchev–Trinajstić information content (AvgIpc) is 3.27. The third kappa shape index (κ3) is 5.33. The van der Waals surface area contributed by atoms with E-state index >= 15 is 0 Å². The minimum atomic E-state index is -0.479. The number of ether oxygens (including phenoxy) is 2. The second kappa shape index (κ2) is 10.4. The first-order valence-electron chi connectivity index (χ1n) is 10.4. The van der Waals surface area contributed by atoms with Crippen LogP contribution in [0.5, 0.6) is 0 Å². The van der Waals surface area contributed by atoms with Gasteiger partial charge in [-0.2, -0.15) is 0 Å². The fraction of sp³-hybridized carbons (Fsp3) is 0.333. The maximum atomic E-state index is 14.1. The molecule has 170 valence electrons. The van der Waals surface area contributed by atoms with Gasteiger partial charge in [-0.05, 0) is 17.2 Å². The molecule has 0 saturated heterocycles. The summed E-state index contributed by atoms with van der Waals surface area (Å²) in [4.78, 5) is 1.50. The number of nitrogens with one attached hydrogen (secondary N) is 1. The zero-order valence-electron chi connectivity index (χ0n) is 18.6. The van der Waals surface area contributed by atoms with Crippen molar-refractivity contribution < 1.29 is 18.4 Å². The third-order valence-corrected chi connectivity index (χ3v) is 5.38. The normalized spacial score (nSPS) is 11.5. The van der Waals surface area contributed by atoms with Crippen molar-refractivity contribution in [2.45, 2.75) is 19.3 Å². The molecule has 32 heavy (non-hydrogen) atoms. The van der Waals surface area contributed by atoms with E-state index in [2.05, 4.69) is 5.16 Å². The van der Waals surface area contributed by atoms with E-state index in [4.69, 9.17) is 25.1 Å². The number of anilines is 1. The Morgan fingerprint density at radius 3 is 2.50 bits per heavy atom. The Morgan fingerprint density at radius 1 is 1.12 bits per heavy atom. The zero-order valence-corrected chi connectivity index (χ0v) is 18.6. The monoisotopic (exact) mass is 440 g/mol. The molecular weight excluding hydrogens is 411 g/mol. The van der Waals surface area contributed by atoms with Crippen LogP contribution in [0, 0.1) is 11.2 Å². The minimum Gasteiger partial charge on any atom is -0.382 e. The third-order valence-electron chi connectivity index (χ3n) is 5.38. The first-order chi connectivity index (χ1) is 15.3. The number of nitrogens with two attached hydrogens (primary N) is 1. The van der Waals surface area contributed by atoms with Gasteiger partial charge < -0.3 is 19.7 Å². The summed E-state index contributed by atoms with van der Waals surface area (Å²) in [5, 5.41) is 12.1. The van der Waals surface area contributed by atoms with Gasteiger partial charge in [0.05, 0.1) is 32.1 Å². The van der Waals surface area contributed by atoms with Crippen molar-refractivity contribution in [2.24, 2.45) is 5.73 Å². The van der Waals surface area contributed by atoms with E-state index in [1.807, 2.05) is 44.2 Å². The van der Waals surface area contributed by atoms with Crippen LogP contribution < -0.4 is 10.6 Å². The molecule has 7 nitrogen and oxygen atoms in total. The lowest BCUT2D eigenvalue weighted by atomic mass is 9.81. The van der Waals surface area contributed by atoms with Gasteiger partial charge in [-0.3, -0.25) is 10.3 Å². The Kier molecular flexibility index (Phi) is 7.61. The Labute approximate surface area is 187 Å². The number of guanidine groups is 1. The fourth-order valence-corrected chi connectivity index (χ4v) is 3.35. The Hall–Kier alpha value is -3.23. The molecule has 0 amide bonds. The second-order valence-corrected chi connectivity index (χ2v) is 7.87. The molecule has 0 aliphatic heterocycles. The number of halogens is 1. The molecule has 3 aromatic rings. The molecular formula is C24H29FN4O3. The Morgan fingerprint density at radius 2 is 1.84 bits per heavy atom. The molecule has 2 aromatic carbocycles. The van der Waals surface area contributed by atoms with Gasteiger partial charge in [0, 0.05) is 24.2 Å². The largest absolute Gasteiger partial charge is 0.382 e. The van der Waals surface area contributed by atoms with Crippen LogP contribution in [0.1, 0.15) is 25.1 Å². The molecule has 0 atom stereocenters. The van der Waals surface area contributed by atoms with Gasteiger partial charge in [0.1, 0.15) is 5.82 Å². The van der Waals surface area contributed by atoms with Crippen molar-refractivity contribution in [1.82, 2.24) is 5.16 Å². The highest BCUT2D eigenvalue weighted by Crippen LogP contribution is 2.34. The molecule has 0 fully saturated rings. The first-order valence-corrected chi connectivity index (χ1v) is 10.4. The van der Waals surface area contributed by atoms with Crippen LogP contribution in [-0.4, -0.2) is 44.6 Å². The van der Waals surface area contributed by atoms with Crippen molar-refractivity contribution in [2.75, 3.05) is 38.4 Å². The van der Waals surface area contributed by atoms with Crippen molar-refractivity contribution in [3.63, 3.8) is 0 Å². The minimum absolute atomic E-state index is 0.157. The van der Waals surface area contributed by atoms with E-state index in [0.29, 0.717) is 43.5 Å². The molecule has 0 aliphatic rings. The molecule has 3 rings (SSSR count). The Balaban J connectivity index is 1.76. The lowest BCUT2D eigenvalue weighted by Gasteiger charge is -2.23. The average molecular weight is 441 g/mol. The highest BCUT2D eigenvalue weighted by molar-refractivity contribution is 5.91. The summed E-state index contributed by atoms with van der Waals surface area (Å²) in [6.45, 7) is 5.72. The number of aromatic nitrogens is 1. The molecule has 0 bridgehead atoms. The molecule has 1 aromatic heterocycles. The van der Waals surface area contributed by atoms with Gasteiger partial charge in [-0.1, -0.05) is 61.5 Å². The predicted molar refractivity (Wildman–Crippen MR) is 122 cm³/mol. The number of hydrogen-bond acceptors (Lipinski definition) is 5. The van der Waals surface area contributed by atoms with Crippen LogP contribution in [0.15, 0.2) is 59.1 Å². The molecule has 0 radical (unpaired) electrons. The topological polar surface area (TPSA) is 97.6 Å². The summed E-state index contributed by atoms with van der Waals surface area (Å²) in [6.07, 6.45) is 0. The molecule has 0 spiro atoms. The molecule has 0 unspecified atom stereocenters. The number of hydrogen-bond donors (Lipinski definition) is 2. The van der Waals surface area contributed by atoms with Crippen molar-refractivity contribution >= 4 is 11.8 Å². The number of methoxy groups -OCH3 is 1. The molecule has 0 saturated carbocycles. The van der Waals surface area contributed by atoms with E-state index in [1.54, 1.807) is 25.3 Å². The van der Waals surface area contributed by atoms with Crippen molar-refractivity contribution in [1.29, 1.82) is 5.41 Å². The van der Waals surface area contributed by atoms with E-state index < -0.39 is 5.41 Å². The van der Waals surface area contributed by atoms with Crippen molar-refractivity contribution in [3.8, 4) is 11.1 Å². The number of benzene rings is 2. The molecule has 0 aliphatic carbocycles. The van der Waals surface area contributed by atoms with Crippen LogP contribution in [0.3, 0.4) is 0 Å². The first kappa shape index (κ1) is 23.4. The van der Waals surface area contributed by atoms with Gasteiger partial charge in [0.2, 0.25) is 5.88 Å². The van der Waals surface area contributed by atoms with Gasteiger partial charge in [0.25, 0.3) is 0 Å². The summed E-state index contributed by atoms with van der Waals surface area (Å²) in [7, 11) is 1.61. The summed E-state index contributed by atoms with van der Waals surface area (Å²) in [6, 6.07) is 16.2. The SMILES string of the molecule is COCCOCCN(C(=N)N)c1cc(C(C)(C)c2ccc(-c3ccccc3F)cc2)no1. The second-order valence-electron chi connectivity index (χ2n) is 7.87. The molecule has 3 N–H and O–H groups in total. The van der Waals surface area contributed by atoms with Gasteiger partial charge in [0.15, 0.2) is 5.96 Å². The van der Waals surface area contributed by atoms with Crippen molar-refractivity contribution in [3.05, 3.63) is 71.7 Å². The van der Waals surface area contributed by atoms with Crippen LogP contribution in [0.4, 0.5) is 10.3 Å². The standard InChI is InChI=1S/C24H29FN4O3/c1-24(2,18-10-8-17(9-11-18)19-6-4-5-7-20(19)25)21-16-22(32-28-21)29(23(26)27)12-13-31-15-14-30-3/h4-11,16H,12-15H2,1-3H3,(H3,26,27). The van der Waals surface area contributed by atoms with Crippen LogP contribution in [0.2, 0.25) is 0 Å². The summed E-state index contributed by atoms with van der Waals surface area (Å²) >= 11 is 0. The van der Waals surface area contributed by atoms with E-state index in [0.717, 1.165) is 11.1 Å². The highest BCUT2D eigenvalue weighted by atomic mass is 19.1. The van der Waals surface area contributed by atoms with Gasteiger partial charge >= 0.3 is 0 Å². The lowest BCUT2D eigenvalue weighted by molar-refractivity contribution is 0.0746. The van der Waals surface area contributed by atoms with E-state index in [9.17, 15) is 4.39 Å². The smallest absolute Gasteiger partial charge is 0.234 e. The quantitative estimate of drug-likeness (QED) is 0.279.